The van der Waals surface area contributed by atoms with E-state index < -0.39 is 0 Å². The molecule has 0 spiro atoms. The number of aromatic amines is 1. The zero-order valence-electron chi connectivity index (χ0n) is 10.4. The van der Waals surface area contributed by atoms with Crippen LogP contribution < -0.4 is 10.3 Å². The van der Waals surface area contributed by atoms with Gasteiger partial charge in [-0.1, -0.05) is 0 Å². The molecule has 0 atom stereocenters. The van der Waals surface area contributed by atoms with Gasteiger partial charge in [-0.2, -0.15) is 0 Å². The van der Waals surface area contributed by atoms with Crippen LogP contribution in [0.2, 0.25) is 0 Å². The molecule has 0 aliphatic rings. The summed E-state index contributed by atoms with van der Waals surface area (Å²) in [5.74, 6) is 0.463. The molecule has 0 saturated heterocycles. The van der Waals surface area contributed by atoms with Crippen molar-refractivity contribution in [1.29, 1.82) is 0 Å². The number of nitrogens with one attached hydrogen (secondary N) is 1. The summed E-state index contributed by atoms with van der Waals surface area (Å²) < 4.78 is 5.17. The summed E-state index contributed by atoms with van der Waals surface area (Å²) in [4.78, 5) is 26.9. The number of ketones is 1. The maximum atomic E-state index is 11.9. The molecule has 2 aromatic rings. The van der Waals surface area contributed by atoms with Crippen LogP contribution in [0.4, 0.5) is 0 Å². The van der Waals surface area contributed by atoms with Crippen molar-refractivity contribution >= 4 is 28.4 Å². The minimum Gasteiger partial charge on any atom is -0.497 e. The van der Waals surface area contributed by atoms with Crippen LogP contribution in [-0.2, 0) is 0 Å². The van der Waals surface area contributed by atoms with Gasteiger partial charge in [-0.3, -0.25) is 9.59 Å². The maximum Gasteiger partial charge on any atom is 0.260 e. The highest BCUT2D eigenvalue weighted by Crippen LogP contribution is 2.29. The Balaban J connectivity index is 2.91. The van der Waals surface area contributed by atoms with Crippen molar-refractivity contribution in [2.75, 3.05) is 13.4 Å². The van der Waals surface area contributed by atoms with Crippen LogP contribution in [0.3, 0.4) is 0 Å². The number of aromatic nitrogens is 1. The largest absolute Gasteiger partial charge is 0.497 e. The molecule has 1 aromatic heterocycles. The van der Waals surface area contributed by atoms with Gasteiger partial charge in [0.05, 0.1) is 12.7 Å². The number of hydrogen-bond acceptors (Lipinski definition) is 4. The predicted octanol–water partition coefficient (Wildman–Crippen LogP) is 2.46. The summed E-state index contributed by atoms with van der Waals surface area (Å²) in [6.45, 7) is 1.40. The van der Waals surface area contributed by atoms with Crippen LogP contribution in [0.5, 0.6) is 5.75 Å². The number of H-pyrrole nitrogens is 1. The Morgan fingerprint density at radius 2 is 2.11 bits per heavy atom. The van der Waals surface area contributed by atoms with E-state index >= 15 is 0 Å². The standard InChI is InChI=1S/C13H13NO3S/c1-7(15)11-12(18-3)9-6-8(17-2)4-5-10(9)14-13(11)16/h4-6H,1-3H3,(H,14,16). The SMILES string of the molecule is COc1ccc2[nH]c(=O)c(C(C)=O)c(SC)c2c1. The Hall–Kier alpha value is -1.75. The first-order valence-electron chi connectivity index (χ1n) is 5.37. The lowest BCUT2D eigenvalue weighted by molar-refractivity contribution is 0.101. The fourth-order valence-electron chi connectivity index (χ4n) is 1.90. The average Bonchev–Trinajstić information content (AvgIpc) is 2.36. The fraction of sp³-hybridized carbons (Fsp3) is 0.231. The van der Waals surface area contributed by atoms with Gasteiger partial charge < -0.3 is 9.72 Å². The van der Waals surface area contributed by atoms with E-state index in [1.807, 2.05) is 12.3 Å². The summed E-state index contributed by atoms with van der Waals surface area (Å²) in [6, 6.07) is 5.37. The van der Waals surface area contributed by atoms with Gasteiger partial charge in [0.15, 0.2) is 5.78 Å². The Morgan fingerprint density at radius 1 is 1.39 bits per heavy atom. The number of carbonyl (C=O) groups is 1. The third-order valence-corrected chi connectivity index (χ3v) is 3.56. The molecule has 0 saturated carbocycles. The van der Waals surface area contributed by atoms with Crippen molar-refractivity contribution in [3.8, 4) is 5.75 Å². The first kappa shape index (κ1) is 12.7. The van der Waals surface area contributed by atoms with Gasteiger partial charge in [-0.15, -0.1) is 11.8 Å². The average molecular weight is 263 g/mol. The van der Waals surface area contributed by atoms with Gasteiger partial charge in [-0.25, -0.2) is 0 Å². The number of fused-ring (bicyclic) bond motifs is 1. The first-order valence-corrected chi connectivity index (χ1v) is 6.60. The Bertz CT molecular complexity index is 676. The number of ether oxygens (including phenoxy) is 1. The summed E-state index contributed by atoms with van der Waals surface area (Å²) in [5, 5.41) is 0.826. The van der Waals surface area contributed by atoms with Gasteiger partial charge in [0.1, 0.15) is 5.75 Å². The van der Waals surface area contributed by atoms with Gasteiger partial charge in [0, 0.05) is 15.8 Å². The van der Waals surface area contributed by atoms with Crippen molar-refractivity contribution < 1.29 is 9.53 Å². The molecule has 0 amide bonds. The molecular formula is C13H13NO3S. The molecule has 1 heterocycles. The van der Waals surface area contributed by atoms with E-state index in [1.54, 1.807) is 19.2 Å². The summed E-state index contributed by atoms with van der Waals surface area (Å²) in [7, 11) is 1.58. The Kier molecular flexibility index (Phi) is 3.43. The third kappa shape index (κ3) is 2.01. The third-order valence-electron chi connectivity index (χ3n) is 2.73. The molecule has 1 aromatic carbocycles. The van der Waals surface area contributed by atoms with Gasteiger partial charge >= 0.3 is 0 Å². The normalized spacial score (nSPS) is 10.6. The molecule has 94 valence electrons. The number of hydrogen-bond donors (Lipinski definition) is 1. The number of rotatable bonds is 3. The molecular weight excluding hydrogens is 250 g/mol. The molecule has 1 N–H and O–H groups in total. The summed E-state index contributed by atoms with van der Waals surface area (Å²) >= 11 is 1.39. The lowest BCUT2D eigenvalue weighted by atomic mass is 10.1. The number of carbonyl (C=O) groups excluding carboxylic acids is 1. The first-order chi connectivity index (χ1) is 8.58. The lowest BCUT2D eigenvalue weighted by Gasteiger charge is -2.09. The number of Topliss-reactive ketones (excluding diaryl/α,β-unsaturated/α-hetero) is 1. The van der Waals surface area contributed by atoms with Crippen molar-refractivity contribution in [2.24, 2.45) is 0 Å². The monoisotopic (exact) mass is 263 g/mol. The second kappa shape index (κ2) is 4.86. The highest BCUT2D eigenvalue weighted by atomic mass is 32.2. The van der Waals surface area contributed by atoms with E-state index in [0.29, 0.717) is 16.2 Å². The molecule has 0 bridgehead atoms. The second-order valence-corrected chi connectivity index (χ2v) is 4.65. The number of benzene rings is 1. The van der Waals surface area contributed by atoms with Crippen LogP contribution in [0, 0.1) is 0 Å². The van der Waals surface area contributed by atoms with E-state index in [0.717, 1.165) is 5.39 Å². The highest BCUT2D eigenvalue weighted by Gasteiger charge is 2.16. The smallest absolute Gasteiger partial charge is 0.260 e. The zero-order valence-corrected chi connectivity index (χ0v) is 11.2. The quantitative estimate of drug-likeness (QED) is 0.682. The van der Waals surface area contributed by atoms with Crippen molar-refractivity contribution in [3.05, 3.63) is 34.1 Å². The minimum atomic E-state index is -0.343. The van der Waals surface area contributed by atoms with Crippen molar-refractivity contribution in [3.63, 3.8) is 0 Å². The van der Waals surface area contributed by atoms with E-state index in [4.69, 9.17) is 4.74 Å². The van der Waals surface area contributed by atoms with E-state index in [9.17, 15) is 9.59 Å². The maximum absolute atomic E-state index is 11.9. The summed E-state index contributed by atoms with van der Waals surface area (Å²) in [5.41, 5.74) is 0.572. The molecule has 0 fully saturated rings. The zero-order chi connectivity index (χ0) is 13.3. The predicted molar refractivity (Wildman–Crippen MR) is 72.9 cm³/mol. The molecule has 0 unspecified atom stereocenters. The molecule has 2 rings (SSSR count). The molecule has 5 heteroatoms. The van der Waals surface area contributed by atoms with Crippen LogP contribution in [0.1, 0.15) is 17.3 Å². The lowest BCUT2D eigenvalue weighted by Crippen LogP contribution is -2.17. The molecule has 0 aliphatic heterocycles. The van der Waals surface area contributed by atoms with Crippen LogP contribution >= 0.6 is 11.8 Å². The second-order valence-electron chi connectivity index (χ2n) is 3.83. The summed E-state index contributed by atoms with van der Waals surface area (Å²) in [6.07, 6.45) is 1.85. The van der Waals surface area contributed by atoms with Gasteiger partial charge in [0.2, 0.25) is 0 Å². The topological polar surface area (TPSA) is 59.2 Å². The molecule has 0 radical (unpaired) electrons. The number of methoxy groups -OCH3 is 1. The van der Waals surface area contributed by atoms with Crippen LogP contribution in [0.15, 0.2) is 27.9 Å². The fourth-order valence-corrected chi connectivity index (χ4v) is 2.73. The highest BCUT2D eigenvalue weighted by molar-refractivity contribution is 7.99. The number of pyridine rings is 1. The van der Waals surface area contributed by atoms with Crippen molar-refractivity contribution in [1.82, 2.24) is 4.98 Å². The van der Waals surface area contributed by atoms with E-state index in [1.165, 1.54) is 18.7 Å². The van der Waals surface area contributed by atoms with Gasteiger partial charge in [0.25, 0.3) is 5.56 Å². The molecule has 18 heavy (non-hydrogen) atoms. The Labute approximate surface area is 108 Å². The van der Waals surface area contributed by atoms with Crippen LogP contribution in [-0.4, -0.2) is 24.1 Å². The van der Waals surface area contributed by atoms with E-state index in [-0.39, 0.29) is 16.9 Å². The van der Waals surface area contributed by atoms with Gasteiger partial charge in [-0.05, 0) is 31.4 Å². The minimum absolute atomic E-state index is 0.211. The van der Waals surface area contributed by atoms with E-state index in [2.05, 4.69) is 4.98 Å². The Morgan fingerprint density at radius 3 is 2.67 bits per heavy atom. The van der Waals surface area contributed by atoms with Crippen LogP contribution in [0.25, 0.3) is 10.9 Å². The number of thioether (sulfide) groups is 1. The van der Waals surface area contributed by atoms with Crippen molar-refractivity contribution in [2.45, 2.75) is 11.8 Å². The molecule has 4 nitrogen and oxygen atoms in total. The molecule has 0 aliphatic carbocycles.